The number of carbonyl (C=O) groups excluding carboxylic acids is 1. The van der Waals surface area contributed by atoms with Crippen molar-refractivity contribution >= 4 is 11.5 Å². The Morgan fingerprint density at radius 2 is 1.72 bits per heavy atom. The third-order valence-corrected chi connectivity index (χ3v) is 2.42. The summed E-state index contributed by atoms with van der Waals surface area (Å²) in [7, 11) is 0. The maximum absolute atomic E-state index is 12.0. The zero-order valence-electron chi connectivity index (χ0n) is 9.95. The van der Waals surface area contributed by atoms with Gasteiger partial charge in [-0.25, -0.2) is 0 Å². The fraction of sp³-hybridized carbons (Fsp3) is 0.308. The summed E-state index contributed by atoms with van der Waals surface area (Å²) >= 11 is 0. The van der Waals surface area contributed by atoms with Crippen LogP contribution in [0.2, 0.25) is 0 Å². The van der Waals surface area contributed by atoms with Crippen LogP contribution in [0.15, 0.2) is 30.3 Å². The van der Waals surface area contributed by atoms with E-state index >= 15 is 0 Å². The minimum Gasteiger partial charge on any atom is -0.507 e. The second-order valence-electron chi connectivity index (χ2n) is 4.17. The first kappa shape index (κ1) is 14.3. The van der Waals surface area contributed by atoms with Gasteiger partial charge in [-0.2, -0.15) is 13.2 Å². The van der Waals surface area contributed by atoms with Crippen molar-refractivity contribution in [2.75, 3.05) is 0 Å². The Kier molecular flexibility index (Phi) is 4.16. The van der Waals surface area contributed by atoms with Gasteiger partial charge in [-0.3, -0.25) is 4.79 Å². The van der Waals surface area contributed by atoms with Gasteiger partial charge in [0.1, 0.15) is 5.76 Å². The first-order valence-electron chi connectivity index (χ1n) is 5.34. The molecular formula is C13H13F3O2. The van der Waals surface area contributed by atoms with Gasteiger partial charge in [-0.15, -0.1) is 0 Å². The first-order valence-corrected chi connectivity index (χ1v) is 5.34. The fourth-order valence-electron chi connectivity index (χ4n) is 1.33. The van der Waals surface area contributed by atoms with Gasteiger partial charge in [0.05, 0.1) is 0 Å². The smallest absolute Gasteiger partial charge is 0.454 e. The van der Waals surface area contributed by atoms with Crippen LogP contribution in [0, 0.1) is 0 Å². The molecule has 0 unspecified atom stereocenters. The number of alkyl halides is 3. The predicted molar refractivity (Wildman–Crippen MR) is 62.2 cm³/mol. The molecule has 18 heavy (non-hydrogen) atoms. The molecule has 0 bridgehead atoms. The van der Waals surface area contributed by atoms with Crippen molar-refractivity contribution in [1.82, 2.24) is 0 Å². The molecule has 0 fully saturated rings. The van der Waals surface area contributed by atoms with E-state index in [0.29, 0.717) is 0 Å². The summed E-state index contributed by atoms with van der Waals surface area (Å²) in [5.74, 6) is -2.48. The number of benzene rings is 1. The average molecular weight is 258 g/mol. The van der Waals surface area contributed by atoms with Gasteiger partial charge in [-0.05, 0) is 11.5 Å². The van der Waals surface area contributed by atoms with E-state index in [1.165, 1.54) is 12.1 Å². The van der Waals surface area contributed by atoms with E-state index in [2.05, 4.69) is 0 Å². The minimum absolute atomic E-state index is 0.178. The molecule has 0 atom stereocenters. The lowest BCUT2D eigenvalue weighted by atomic mass is 10.0. The summed E-state index contributed by atoms with van der Waals surface area (Å²) in [5, 5.41) is 9.42. The highest BCUT2D eigenvalue weighted by Crippen LogP contribution is 2.21. The molecule has 0 saturated heterocycles. The third kappa shape index (κ3) is 3.61. The normalized spacial score (nSPS) is 12.9. The Balaban J connectivity index is 2.94. The zero-order valence-corrected chi connectivity index (χ0v) is 9.95. The molecule has 0 aliphatic carbocycles. The standard InChI is InChI=1S/C13H13F3O2/c1-8(2)9-3-5-10(6-4-9)11(17)7-12(18)13(14,15)16/h3-8,17H,1-2H3. The summed E-state index contributed by atoms with van der Waals surface area (Å²) in [6, 6.07) is 6.35. The third-order valence-electron chi connectivity index (χ3n) is 2.42. The second-order valence-corrected chi connectivity index (χ2v) is 4.17. The van der Waals surface area contributed by atoms with E-state index in [9.17, 15) is 23.1 Å². The van der Waals surface area contributed by atoms with E-state index in [-0.39, 0.29) is 17.6 Å². The molecule has 1 rings (SSSR count). The molecule has 2 nitrogen and oxygen atoms in total. The number of hydrogen-bond donors (Lipinski definition) is 1. The summed E-state index contributed by atoms with van der Waals surface area (Å²) in [6.07, 6.45) is -4.78. The zero-order chi connectivity index (χ0) is 13.9. The van der Waals surface area contributed by atoms with Gasteiger partial charge in [0.25, 0.3) is 5.78 Å². The molecule has 0 aliphatic heterocycles. The van der Waals surface area contributed by atoms with Crippen LogP contribution in [-0.4, -0.2) is 17.1 Å². The van der Waals surface area contributed by atoms with E-state index in [1.54, 1.807) is 12.1 Å². The van der Waals surface area contributed by atoms with Crippen LogP contribution in [-0.2, 0) is 4.79 Å². The van der Waals surface area contributed by atoms with Crippen molar-refractivity contribution in [3.05, 3.63) is 41.5 Å². The molecule has 0 saturated carbocycles. The monoisotopic (exact) mass is 258 g/mol. The lowest BCUT2D eigenvalue weighted by Crippen LogP contribution is -2.20. The van der Waals surface area contributed by atoms with Crippen LogP contribution in [0.4, 0.5) is 13.2 Å². The van der Waals surface area contributed by atoms with Crippen molar-refractivity contribution in [3.63, 3.8) is 0 Å². The van der Waals surface area contributed by atoms with Crippen LogP contribution < -0.4 is 0 Å². The van der Waals surface area contributed by atoms with Crippen LogP contribution in [0.25, 0.3) is 5.76 Å². The average Bonchev–Trinajstić information content (AvgIpc) is 2.27. The Morgan fingerprint density at radius 1 is 1.22 bits per heavy atom. The van der Waals surface area contributed by atoms with Crippen molar-refractivity contribution in [1.29, 1.82) is 0 Å². The molecule has 0 radical (unpaired) electrons. The summed E-state index contributed by atoms with van der Waals surface area (Å²) < 4.78 is 36.0. The SMILES string of the molecule is CC(C)c1ccc(C(O)=CC(=O)C(F)(F)F)cc1. The van der Waals surface area contributed by atoms with Crippen molar-refractivity contribution in [3.8, 4) is 0 Å². The summed E-state index contributed by atoms with van der Waals surface area (Å²) in [4.78, 5) is 10.7. The summed E-state index contributed by atoms with van der Waals surface area (Å²) in [6.45, 7) is 3.94. The minimum atomic E-state index is -4.97. The molecule has 1 aromatic carbocycles. The number of hydrogen-bond acceptors (Lipinski definition) is 2. The number of aliphatic hydroxyl groups is 1. The van der Waals surface area contributed by atoms with Crippen LogP contribution in [0.1, 0.15) is 30.9 Å². The van der Waals surface area contributed by atoms with Gasteiger partial charge in [0.15, 0.2) is 0 Å². The number of aliphatic hydroxyl groups excluding tert-OH is 1. The maximum Gasteiger partial charge on any atom is 0.454 e. The molecule has 5 heteroatoms. The van der Waals surface area contributed by atoms with E-state index in [1.807, 2.05) is 13.8 Å². The van der Waals surface area contributed by atoms with Crippen LogP contribution >= 0.6 is 0 Å². The van der Waals surface area contributed by atoms with Crippen LogP contribution in [0.5, 0.6) is 0 Å². The number of halogens is 3. The number of allylic oxidation sites excluding steroid dienone is 1. The molecular weight excluding hydrogens is 245 g/mol. The van der Waals surface area contributed by atoms with Crippen molar-refractivity contribution in [2.24, 2.45) is 0 Å². The number of carbonyl (C=O) groups is 1. The lowest BCUT2D eigenvalue weighted by Gasteiger charge is -2.07. The van der Waals surface area contributed by atoms with Crippen molar-refractivity contribution in [2.45, 2.75) is 25.9 Å². The highest BCUT2D eigenvalue weighted by molar-refractivity contribution is 5.99. The van der Waals surface area contributed by atoms with E-state index < -0.39 is 17.7 Å². The van der Waals surface area contributed by atoms with Crippen molar-refractivity contribution < 1.29 is 23.1 Å². The fourth-order valence-corrected chi connectivity index (χ4v) is 1.33. The van der Waals surface area contributed by atoms with Gasteiger partial charge in [0.2, 0.25) is 0 Å². The molecule has 0 spiro atoms. The lowest BCUT2D eigenvalue weighted by molar-refractivity contribution is -0.165. The molecule has 1 aromatic rings. The van der Waals surface area contributed by atoms with Gasteiger partial charge < -0.3 is 5.11 Å². The predicted octanol–water partition coefficient (Wildman–Crippen LogP) is 3.84. The quantitative estimate of drug-likeness (QED) is 0.660. The molecule has 98 valence electrons. The highest BCUT2D eigenvalue weighted by atomic mass is 19.4. The molecule has 1 N–H and O–H groups in total. The first-order chi connectivity index (χ1) is 8.21. The van der Waals surface area contributed by atoms with Crippen LogP contribution in [0.3, 0.4) is 0 Å². The second kappa shape index (κ2) is 5.25. The number of rotatable bonds is 3. The Morgan fingerprint density at radius 3 is 2.11 bits per heavy atom. The van der Waals surface area contributed by atoms with Gasteiger partial charge >= 0.3 is 6.18 Å². The topological polar surface area (TPSA) is 37.3 Å². The molecule has 0 heterocycles. The van der Waals surface area contributed by atoms with Gasteiger partial charge in [0, 0.05) is 11.6 Å². The molecule has 0 aromatic heterocycles. The van der Waals surface area contributed by atoms with E-state index in [0.717, 1.165) is 5.56 Å². The Bertz CT molecular complexity index is 456. The summed E-state index contributed by atoms with van der Waals surface area (Å²) in [5.41, 5.74) is 1.17. The van der Waals surface area contributed by atoms with Gasteiger partial charge in [-0.1, -0.05) is 38.1 Å². The number of ketones is 1. The largest absolute Gasteiger partial charge is 0.507 e. The molecule has 0 aliphatic rings. The Hall–Kier alpha value is -1.78. The molecule has 0 amide bonds. The maximum atomic E-state index is 12.0. The van der Waals surface area contributed by atoms with E-state index in [4.69, 9.17) is 0 Å². The Labute approximate surface area is 103 Å². The highest BCUT2D eigenvalue weighted by Gasteiger charge is 2.36.